The normalized spacial score (nSPS) is 12.6. The summed E-state index contributed by atoms with van der Waals surface area (Å²) in [6, 6.07) is 13.1. The lowest BCUT2D eigenvalue weighted by molar-refractivity contribution is -0.136. The number of fused-ring (bicyclic) bond motifs is 1. The van der Waals surface area contributed by atoms with Crippen molar-refractivity contribution >= 4 is 23.6 Å². The zero-order valence-corrected chi connectivity index (χ0v) is 12.2. The molecule has 0 aliphatic heterocycles. The van der Waals surface area contributed by atoms with Crippen molar-refractivity contribution in [3.8, 4) is 11.5 Å². The highest BCUT2D eigenvalue weighted by atomic mass is 35.5. The van der Waals surface area contributed by atoms with Crippen LogP contribution >= 0.6 is 11.6 Å². The molecule has 0 fully saturated rings. The average molecular weight is 301 g/mol. The minimum absolute atomic E-state index is 0.326. The first-order valence-corrected chi connectivity index (χ1v) is 6.89. The van der Waals surface area contributed by atoms with Crippen molar-refractivity contribution in [2.24, 2.45) is 0 Å². The SMILES string of the molecule is COC(=O)C1=Cc2c(Cl)cc(Oc3ccccc3)cc2C1. The smallest absolute Gasteiger partial charge is 0.334 e. The number of hydrogen-bond acceptors (Lipinski definition) is 3. The van der Waals surface area contributed by atoms with Gasteiger partial charge in [0.2, 0.25) is 0 Å². The van der Waals surface area contributed by atoms with Crippen LogP contribution in [-0.2, 0) is 16.0 Å². The Labute approximate surface area is 127 Å². The molecule has 0 bridgehead atoms. The number of rotatable bonds is 3. The molecule has 0 spiro atoms. The van der Waals surface area contributed by atoms with Gasteiger partial charge in [-0.1, -0.05) is 29.8 Å². The third kappa shape index (κ3) is 2.78. The van der Waals surface area contributed by atoms with E-state index in [1.54, 1.807) is 12.1 Å². The number of methoxy groups -OCH3 is 1. The first-order chi connectivity index (χ1) is 10.2. The average Bonchev–Trinajstić information content (AvgIpc) is 2.92. The van der Waals surface area contributed by atoms with Crippen LogP contribution in [0.2, 0.25) is 5.02 Å². The van der Waals surface area contributed by atoms with E-state index in [1.165, 1.54) is 7.11 Å². The molecular formula is C17H13ClO3. The lowest BCUT2D eigenvalue weighted by atomic mass is 10.1. The van der Waals surface area contributed by atoms with Gasteiger partial charge in [0.05, 0.1) is 12.1 Å². The van der Waals surface area contributed by atoms with E-state index in [2.05, 4.69) is 0 Å². The van der Waals surface area contributed by atoms with Gasteiger partial charge in [0.25, 0.3) is 0 Å². The Balaban J connectivity index is 1.88. The molecule has 3 rings (SSSR count). The molecule has 0 saturated carbocycles. The molecule has 0 unspecified atom stereocenters. The van der Waals surface area contributed by atoms with Gasteiger partial charge in [-0.25, -0.2) is 4.79 Å². The van der Waals surface area contributed by atoms with Crippen molar-refractivity contribution in [1.29, 1.82) is 0 Å². The Morgan fingerprint density at radius 3 is 2.62 bits per heavy atom. The molecule has 3 nitrogen and oxygen atoms in total. The minimum Gasteiger partial charge on any atom is -0.466 e. The molecule has 0 amide bonds. The molecule has 21 heavy (non-hydrogen) atoms. The third-order valence-corrected chi connectivity index (χ3v) is 3.63. The number of benzene rings is 2. The minimum atomic E-state index is -0.326. The summed E-state index contributed by atoms with van der Waals surface area (Å²) in [5, 5.41) is 0.567. The molecule has 2 aromatic rings. The maximum atomic E-state index is 11.6. The van der Waals surface area contributed by atoms with Gasteiger partial charge in [-0.2, -0.15) is 0 Å². The van der Waals surface area contributed by atoms with E-state index in [0.717, 1.165) is 16.9 Å². The second-order valence-corrected chi connectivity index (χ2v) is 5.14. The van der Waals surface area contributed by atoms with E-state index in [-0.39, 0.29) is 5.97 Å². The molecule has 1 aliphatic rings. The van der Waals surface area contributed by atoms with Crippen LogP contribution in [0, 0.1) is 0 Å². The molecular weight excluding hydrogens is 288 g/mol. The van der Waals surface area contributed by atoms with E-state index < -0.39 is 0 Å². The number of esters is 1. The highest BCUT2D eigenvalue weighted by Crippen LogP contribution is 2.36. The largest absolute Gasteiger partial charge is 0.466 e. The van der Waals surface area contributed by atoms with E-state index >= 15 is 0 Å². The van der Waals surface area contributed by atoms with E-state index in [1.807, 2.05) is 36.4 Å². The van der Waals surface area contributed by atoms with Crippen LogP contribution < -0.4 is 4.74 Å². The number of para-hydroxylation sites is 1. The predicted molar refractivity (Wildman–Crippen MR) is 81.7 cm³/mol. The molecule has 0 N–H and O–H groups in total. The predicted octanol–water partition coefficient (Wildman–Crippen LogP) is 4.24. The van der Waals surface area contributed by atoms with Crippen molar-refractivity contribution in [3.05, 3.63) is 64.2 Å². The van der Waals surface area contributed by atoms with Gasteiger partial charge < -0.3 is 9.47 Å². The van der Waals surface area contributed by atoms with Crippen LogP contribution in [0.15, 0.2) is 48.0 Å². The maximum absolute atomic E-state index is 11.6. The summed E-state index contributed by atoms with van der Waals surface area (Å²) in [4.78, 5) is 11.6. The first-order valence-electron chi connectivity index (χ1n) is 6.51. The Bertz CT molecular complexity index is 720. The first kappa shape index (κ1) is 13.7. The summed E-state index contributed by atoms with van der Waals surface area (Å²) in [7, 11) is 1.37. The lowest BCUT2D eigenvalue weighted by Crippen LogP contribution is -2.03. The van der Waals surface area contributed by atoms with Crippen LogP contribution in [0.25, 0.3) is 6.08 Å². The highest BCUT2D eigenvalue weighted by molar-refractivity contribution is 6.32. The van der Waals surface area contributed by atoms with E-state index in [9.17, 15) is 4.79 Å². The van der Waals surface area contributed by atoms with Crippen molar-refractivity contribution in [2.75, 3.05) is 7.11 Å². The molecule has 0 heterocycles. The highest BCUT2D eigenvalue weighted by Gasteiger charge is 2.22. The monoisotopic (exact) mass is 300 g/mol. The van der Waals surface area contributed by atoms with Crippen molar-refractivity contribution in [2.45, 2.75) is 6.42 Å². The van der Waals surface area contributed by atoms with Crippen LogP contribution in [0.4, 0.5) is 0 Å². The van der Waals surface area contributed by atoms with E-state index in [4.69, 9.17) is 21.1 Å². The molecule has 1 aliphatic carbocycles. The lowest BCUT2D eigenvalue weighted by Gasteiger charge is -2.09. The summed E-state index contributed by atoms with van der Waals surface area (Å²) < 4.78 is 10.5. The van der Waals surface area contributed by atoms with Gasteiger partial charge in [-0.3, -0.25) is 0 Å². The summed E-state index contributed by atoms with van der Waals surface area (Å²) in [5.74, 6) is 1.07. The molecule has 0 aromatic heterocycles. The molecule has 106 valence electrons. The fraction of sp³-hybridized carbons (Fsp3) is 0.118. The van der Waals surface area contributed by atoms with Gasteiger partial charge in [0.1, 0.15) is 11.5 Å². The second-order valence-electron chi connectivity index (χ2n) is 4.73. The number of carbonyl (C=O) groups excluding carboxylic acids is 1. The Kier molecular flexibility index (Phi) is 3.67. The van der Waals surface area contributed by atoms with Crippen molar-refractivity contribution < 1.29 is 14.3 Å². The quantitative estimate of drug-likeness (QED) is 0.795. The molecule has 0 radical (unpaired) electrons. The van der Waals surface area contributed by atoms with Crippen molar-refractivity contribution in [3.63, 3.8) is 0 Å². The molecule has 0 atom stereocenters. The Morgan fingerprint density at radius 2 is 1.90 bits per heavy atom. The standard InChI is InChI=1S/C17H13ClO3/c1-20-17(19)12-7-11-8-14(10-16(18)15(11)9-12)21-13-5-3-2-4-6-13/h2-6,8-10H,7H2,1H3. The van der Waals surface area contributed by atoms with Gasteiger partial charge in [0, 0.05) is 18.1 Å². The van der Waals surface area contributed by atoms with Gasteiger partial charge >= 0.3 is 5.97 Å². The number of hydrogen-bond donors (Lipinski definition) is 0. The number of carbonyl (C=O) groups is 1. The fourth-order valence-corrected chi connectivity index (χ4v) is 2.61. The van der Waals surface area contributed by atoms with Gasteiger partial charge in [0.15, 0.2) is 0 Å². The Morgan fingerprint density at radius 1 is 1.14 bits per heavy atom. The summed E-state index contributed by atoms with van der Waals surface area (Å²) in [6.45, 7) is 0. The van der Waals surface area contributed by atoms with Gasteiger partial charge in [-0.05, 0) is 35.4 Å². The zero-order chi connectivity index (χ0) is 14.8. The van der Waals surface area contributed by atoms with E-state index in [0.29, 0.717) is 22.8 Å². The summed E-state index contributed by atoms with van der Waals surface area (Å²) in [5.41, 5.74) is 2.43. The van der Waals surface area contributed by atoms with Crippen LogP contribution in [0.5, 0.6) is 11.5 Å². The molecule has 4 heteroatoms. The topological polar surface area (TPSA) is 35.5 Å². The van der Waals surface area contributed by atoms with Crippen LogP contribution in [-0.4, -0.2) is 13.1 Å². The number of halogens is 1. The van der Waals surface area contributed by atoms with Crippen LogP contribution in [0.3, 0.4) is 0 Å². The zero-order valence-electron chi connectivity index (χ0n) is 11.4. The third-order valence-electron chi connectivity index (χ3n) is 3.31. The fourth-order valence-electron chi connectivity index (χ4n) is 2.33. The molecule has 0 saturated heterocycles. The van der Waals surface area contributed by atoms with Gasteiger partial charge in [-0.15, -0.1) is 0 Å². The summed E-state index contributed by atoms with van der Waals surface area (Å²) in [6.07, 6.45) is 2.28. The second kappa shape index (κ2) is 5.62. The Hall–Kier alpha value is -2.26. The van der Waals surface area contributed by atoms with Crippen LogP contribution in [0.1, 0.15) is 11.1 Å². The molecule has 2 aromatic carbocycles. The number of ether oxygens (including phenoxy) is 2. The maximum Gasteiger partial charge on any atom is 0.334 e. The summed E-state index contributed by atoms with van der Waals surface area (Å²) >= 11 is 6.28. The van der Waals surface area contributed by atoms with Crippen molar-refractivity contribution in [1.82, 2.24) is 0 Å².